The average Bonchev–Trinajstić information content (AvgIpc) is 2.62. The van der Waals surface area contributed by atoms with Crippen LogP contribution in [0.2, 0.25) is 0 Å². The Bertz CT molecular complexity index is 763. The summed E-state index contributed by atoms with van der Waals surface area (Å²) < 4.78 is 22.2. The van der Waals surface area contributed by atoms with Crippen LogP contribution in [0.25, 0.3) is 10.8 Å². The summed E-state index contributed by atoms with van der Waals surface area (Å²) in [6.07, 6.45) is -0.0149. The van der Waals surface area contributed by atoms with Crippen LogP contribution in [-0.4, -0.2) is 44.3 Å². The van der Waals surface area contributed by atoms with Crippen molar-refractivity contribution in [2.45, 2.75) is 38.4 Å². The van der Waals surface area contributed by atoms with E-state index in [0.717, 1.165) is 0 Å². The molecule has 6 nitrogen and oxygen atoms in total. The molecule has 26 heavy (non-hydrogen) atoms. The minimum Gasteiger partial charge on any atom is -0.496 e. The predicted molar refractivity (Wildman–Crippen MR) is 101 cm³/mol. The normalized spacial score (nSPS) is 12.8. The maximum Gasteiger partial charge on any atom is 0.136 e. The van der Waals surface area contributed by atoms with Crippen molar-refractivity contribution in [3.63, 3.8) is 0 Å². The van der Waals surface area contributed by atoms with E-state index in [2.05, 4.69) is 0 Å². The summed E-state index contributed by atoms with van der Waals surface area (Å²) in [4.78, 5) is 0. The molecule has 2 aromatic carbocycles. The van der Waals surface area contributed by atoms with E-state index in [9.17, 15) is 10.2 Å². The van der Waals surface area contributed by atoms with E-state index in [1.54, 1.807) is 60.5 Å². The molecule has 144 valence electrons. The van der Waals surface area contributed by atoms with Crippen LogP contribution in [-0.2, 0) is 0 Å². The van der Waals surface area contributed by atoms with E-state index in [0.29, 0.717) is 52.2 Å². The van der Waals surface area contributed by atoms with E-state index in [1.165, 1.54) is 0 Å². The summed E-state index contributed by atoms with van der Waals surface area (Å²) in [5.41, 5.74) is -0.288. The van der Waals surface area contributed by atoms with Crippen molar-refractivity contribution in [3.8, 4) is 23.0 Å². The molecular weight excluding hydrogens is 336 g/mol. The van der Waals surface area contributed by atoms with Crippen LogP contribution in [0.5, 0.6) is 23.0 Å². The zero-order valence-corrected chi connectivity index (χ0v) is 16.3. The lowest BCUT2D eigenvalue weighted by atomic mass is 9.93. The Kier molecular flexibility index (Phi) is 6.21. The lowest BCUT2D eigenvalue weighted by Gasteiger charge is -2.23. The Labute approximate surface area is 154 Å². The molecule has 1 unspecified atom stereocenters. The number of aliphatic hydroxyl groups is 2. The van der Waals surface area contributed by atoms with Crippen LogP contribution in [0.1, 0.15) is 38.4 Å². The smallest absolute Gasteiger partial charge is 0.136 e. The standard InChI is InChI=1S/C20H28O6/c1-20(2,22)10-9-13(21)12-11-16(25-5)17-14(23-3)7-8-15(24-4)18(17)19(12)26-6/h7-8,11,13,21-22H,9-10H2,1-6H3. The van der Waals surface area contributed by atoms with Gasteiger partial charge in [-0.25, -0.2) is 0 Å². The number of rotatable bonds is 8. The van der Waals surface area contributed by atoms with Crippen molar-refractivity contribution in [2.24, 2.45) is 0 Å². The highest BCUT2D eigenvalue weighted by Crippen LogP contribution is 2.48. The molecule has 0 aliphatic carbocycles. The zero-order chi connectivity index (χ0) is 19.5. The van der Waals surface area contributed by atoms with E-state index < -0.39 is 11.7 Å². The third-order valence-corrected chi connectivity index (χ3v) is 4.40. The van der Waals surface area contributed by atoms with Crippen LogP contribution in [0.3, 0.4) is 0 Å². The first-order valence-electron chi connectivity index (χ1n) is 8.47. The predicted octanol–water partition coefficient (Wildman–Crippen LogP) is 3.46. The van der Waals surface area contributed by atoms with Crippen molar-refractivity contribution in [3.05, 3.63) is 23.8 Å². The fraction of sp³-hybridized carbons (Fsp3) is 0.500. The molecule has 0 heterocycles. The fourth-order valence-corrected chi connectivity index (χ4v) is 3.07. The molecular formula is C20H28O6. The van der Waals surface area contributed by atoms with Crippen LogP contribution in [0, 0.1) is 0 Å². The van der Waals surface area contributed by atoms with E-state index in [1.807, 2.05) is 0 Å². The Morgan fingerprint density at radius 1 is 0.885 bits per heavy atom. The van der Waals surface area contributed by atoms with Crippen LogP contribution < -0.4 is 18.9 Å². The van der Waals surface area contributed by atoms with Crippen LogP contribution in [0.15, 0.2) is 18.2 Å². The molecule has 0 aromatic heterocycles. The molecule has 1 atom stereocenters. The summed E-state index contributed by atoms with van der Waals surface area (Å²) in [5.74, 6) is 2.26. The number of ether oxygens (including phenoxy) is 4. The first-order chi connectivity index (χ1) is 12.3. The maximum absolute atomic E-state index is 10.7. The molecule has 2 N–H and O–H groups in total. The molecule has 0 saturated heterocycles. The van der Waals surface area contributed by atoms with Crippen molar-refractivity contribution in [2.75, 3.05) is 28.4 Å². The molecule has 2 rings (SSSR count). The van der Waals surface area contributed by atoms with Crippen molar-refractivity contribution in [1.82, 2.24) is 0 Å². The third-order valence-electron chi connectivity index (χ3n) is 4.40. The molecule has 0 amide bonds. The SMILES string of the molecule is COc1ccc(OC)c2c(OC)c(C(O)CCC(C)(C)O)cc(OC)c12. The fourth-order valence-electron chi connectivity index (χ4n) is 3.07. The van der Waals surface area contributed by atoms with E-state index in [-0.39, 0.29) is 0 Å². The largest absolute Gasteiger partial charge is 0.496 e. The summed E-state index contributed by atoms with van der Waals surface area (Å²) in [6.45, 7) is 3.43. The lowest BCUT2D eigenvalue weighted by molar-refractivity contribution is 0.0480. The van der Waals surface area contributed by atoms with Gasteiger partial charge in [-0.3, -0.25) is 0 Å². The number of methoxy groups -OCH3 is 4. The van der Waals surface area contributed by atoms with Gasteiger partial charge in [0.2, 0.25) is 0 Å². The minimum atomic E-state index is -0.865. The molecule has 0 bridgehead atoms. The average molecular weight is 364 g/mol. The van der Waals surface area contributed by atoms with Gasteiger partial charge in [-0.2, -0.15) is 0 Å². The Morgan fingerprint density at radius 3 is 1.88 bits per heavy atom. The highest BCUT2D eigenvalue weighted by Gasteiger charge is 2.25. The van der Waals surface area contributed by atoms with Crippen LogP contribution >= 0.6 is 0 Å². The van der Waals surface area contributed by atoms with Gasteiger partial charge in [-0.05, 0) is 44.9 Å². The number of aliphatic hydroxyl groups excluding tert-OH is 1. The second-order valence-electron chi connectivity index (χ2n) is 6.79. The van der Waals surface area contributed by atoms with Crippen molar-refractivity contribution < 1.29 is 29.2 Å². The molecule has 0 aliphatic heterocycles. The summed E-state index contributed by atoms with van der Waals surface area (Å²) in [6, 6.07) is 5.34. The Balaban J connectivity index is 2.72. The number of hydrogen-bond acceptors (Lipinski definition) is 6. The van der Waals surface area contributed by atoms with Gasteiger partial charge in [0.15, 0.2) is 0 Å². The lowest BCUT2D eigenvalue weighted by Crippen LogP contribution is -2.19. The monoisotopic (exact) mass is 364 g/mol. The van der Waals surface area contributed by atoms with Gasteiger partial charge < -0.3 is 29.2 Å². The van der Waals surface area contributed by atoms with Crippen molar-refractivity contribution in [1.29, 1.82) is 0 Å². The topological polar surface area (TPSA) is 77.4 Å². The van der Waals surface area contributed by atoms with E-state index >= 15 is 0 Å². The van der Waals surface area contributed by atoms with E-state index in [4.69, 9.17) is 18.9 Å². The molecule has 0 aliphatic rings. The van der Waals surface area contributed by atoms with Gasteiger partial charge in [0.25, 0.3) is 0 Å². The highest BCUT2D eigenvalue weighted by molar-refractivity contribution is 6.03. The van der Waals surface area contributed by atoms with Crippen molar-refractivity contribution >= 4 is 10.8 Å². The summed E-state index contributed by atoms with van der Waals surface area (Å²) >= 11 is 0. The Hall–Kier alpha value is -2.18. The molecule has 6 heteroatoms. The van der Waals surface area contributed by atoms with Gasteiger partial charge in [-0.1, -0.05) is 0 Å². The van der Waals surface area contributed by atoms with Gasteiger partial charge in [0.1, 0.15) is 23.0 Å². The first kappa shape index (κ1) is 20.1. The van der Waals surface area contributed by atoms with Gasteiger partial charge in [0, 0.05) is 5.56 Å². The number of benzene rings is 2. The summed E-state index contributed by atoms with van der Waals surface area (Å²) in [7, 11) is 6.27. The minimum absolute atomic E-state index is 0.376. The third kappa shape index (κ3) is 3.97. The Morgan fingerprint density at radius 2 is 1.42 bits per heavy atom. The molecule has 0 fully saturated rings. The number of hydrogen-bond donors (Lipinski definition) is 2. The second kappa shape index (κ2) is 8.01. The highest BCUT2D eigenvalue weighted by atomic mass is 16.5. The molecule has 0 radical (unpaired) electrons. The van der Waals surface area contributed by atoms with Gasteiger partial charge >= 0.3 is 0 Å². The molecule has 0 spiro atoms. The quantitative estimate of drug-likeness (QED) is 0.747. The first-order valence-corrected chi connectivity index (χ1v) is 8.47. The molecule has 0 saturated carbocycles. The van der Waals surface area contributed by atoms with Gasteiger partial charge in [0.05, 0.1) is 50.9 Å². The maximum atomic E-state index is 10.7. The van der Waals surface area contributed by atoms with Gasteiger partial charge in [-0.15, -0.1) is 0 Å². The van der Waals surface area contributed by atoms with Crippen LogP contribution in [0.4, 0.5) is 0 Å². The summed E-state index contributed by atoms with van der Waals surface area (Å²) in [5, 5.41) is 22.1. The second-order valence-corrected chi connectivity index (χ2v) is 6.79. The zero-order valence-electron chi connectivity index (χ0n) is 16.3. The number of fused-ring (bicyclic) bond motifs is 1. The molecule has 2 aromatic rings.